The Labute approximate surface area is 166 Å². The van der Waals surface area contributed by atoms with E-state index in [9.17, 15) is 5.11 Å². The highest BCUT2D eigenvalue weighted by Gasteiger charge is 2.31. The third-order valence-electron chi connectivity index (χ3n) is 6.40. The summed E-state index contributed by atoms with van der Waals surface area (Å²) >= 11 is 0. The Morgan fingerprint density at radius 2 is 1.44 bits per heavy atom. The summed E-state index contributed by atoms with van der Waals surface area (Å²) in [5.74, 6) is 0. The topological polar surface area (TPSA) is 20.2 Å². The van der Waals surface area contributed by atoms with Gasteiger partial charge in [-0.25, -0.2) is 0 Å². The normalized spacial score (nSPS) is 12.7. The largest absolute Gasteiger partial charge is 0.386 e. The molecule has 0 saturated carbocycles. The van der Waals surface area contributed by atoms with E-state index in [4.69, 9.17) is 0 Å². The Balaban J connectivity index is 2.46. The molecule has 146 valence electrons. The summed E-state index contributed by atoms with van der Waals surface area (Å²) in [7, 11) is 0. The zero-order valence-electron chi connectivity index (χ0n) is 18.0. The molecule has 0 amide bonds. The van der Waals surface area contributed by atoms with E-state index >= 15 is 0 Å². The third kappa shape index (κ3) is 4.52. The van der Waals surface area contributed by atoms with Gasteiger partial charge in [0.1, 0.15) is 0 Å². The van der Waals surface area contributed by atoms with Gasteiger partial charge in [0.2, 0.25) is 0 Å². The molecular weight excluding hydrogens is 328 g/mol. The number of hydrogen-bond donors (Lipinski definition) is 1. The summed E-state index contributed by atoms with van der Waals surface area (Å²) < 4.78 is 0. The molecule has 0 atom stereocenters. The van der Waals surface area contributed by atoms with Gasteiger partial charge in [0, 0.05) is 5.41 Å². The molecule has 2 rings (SSSR count). The second kappa shape index (κ2) is 8.89. The van der Waals surface area contributed by atoms with Crippen LogP contribution in [0.5, 0.6) is 0 Å². The molecule has 0 heterocycles. The number of aliphatic hydroxyl groups is 1. The first kappa shape index (κ1) is 21.4. The van der Waals surface area contributed by atoms with E-state index in [0.29, 0.717) is 0 Å². The van der Waals surface area contributed by atoms with Crippen LogP contribution in [-0.2, 0) is 5.41 Å². The molecule has 1 N–H and O–H groups in total. The molecule has 2 aromatic rings. The van der Waals surface area contributed by atoms with Gasteiger partial charge in [-0.1, -0.05) is 87.9 Å². The lowest BCUT2D eigenvalue weighted by molar-refractivity contribution is 0.0836. The van der Waals surface area contributed by atoms with Crippen molar-refractivity contribution in [1.82, 2.24) is 0 Å². The molecule has 27 heavy (non-hydrogen) atoms. The summed E-state index contributed by atoms with van der Waals surface area (Å²) in [5.41, 5.74) is 5.89. The molecule has 2 aromatic carbocycles. The molecule has 0 aliphatic heterocycles. The van der Waals surface area contributed by atoms with Gasteiger partial charge in [-0.2, -0.15) is 0 Å². The molecule has 0 fully saturated rings. The van der Waals surface area contributed by atoms with Gasteiger partial charge in [-0.05, 0) is 61.8 Å². The van der Waals surface area contributed by atoms with Gasteiger partial charge in [0.25, 0.3) is 0 Å². The molecule has 1 nitrogen and oxygen atoms in total. The Bertz CT molecular complexity index is 777. The minimum absolute atomic E-state index is 0.0482. The fourth-order valence-corrected chi connectivity index (χ4v) is 4.07. The highest BCUT2D eigenvalue weighted by atomic mass is 16.3. The SMILES string of the molecule is CCC(O)(C=Cc1ccc(C(CC)(CC)c2cccc(C)c2)cc1C)CC. The quantitative estimate of drug-likeness (QED) is 0.536. The van der Waals surface area contributed by atoms with Crippen LogP contribution in [0.2, 0.25) is 0 Å². The molecule has 0 bridgehead atoms. The lowest BCUT2D eigenvalue weighted by atomic mass is 9.70. The molecule has 1 heteroatoms. The zero-order chi connectivity index (χ0) is 20.1. The van der Waals surface area contributed by atoms with Crippen molar-refractivity contribution in [3.05, 3.63) is 76.4 Å². The van der Waals surface area contributed by atoms with E-state index in [1.807, 2.05) is 19.9 Å². The van der Waals surface area contributed by atoms with Gasteiger partial charge in [0.05, 0.1) is 5.60 Å². The minimum atomic E-state index is -0.705. The van der Waals surface area contributed by atoms with Crippen LogP contribution in [0.4, 0.5) is 0 Å². The zero-order valence-corrected chi connectivity index (χ0v) is 18.0. The highest BCUT2D eigenvalue weighted by molar-refractivity contribution is 5.57. The molecular formula is C26H36O. The van der Waals surface area contributed by atoms with E-state index < -0.39 is 5.60 Å². The second-order valence-electron chi connectivity index (χ2n) is 7.87. The summed E-state index contributed by atoms with van der Waals surface area (Å²) in [6.45, 7) is 13.0. The van der Waals surface area contributed by atoms with Gasteiger partial charge >= 0.3 is 0 Å². The first-order valence-corrected chi connectivity index (χ1v) is 10.4. The van der Waals surface area contributed by atoms with Crippen molar-refractivity contribution in [1.29, 1.82) is 0 Å². The van der Waals surface area contributed by atoms with Crippen molar-refractivity contribution in [2.45, 2.75) is 78.2 Å². The molecule has 0 saturated heterocycles. The van der Waals surface area contributed by atoms with Gasteiger partial charge in [-0.3, -0.25) is 0 Å². The van der Waals surface area contributed by atoms with Crippen molar-refractivity contribution in [3.63, 3.8) is 0 Å². The van der Waals surface area contributed by atoms with E-state index in [1.165, 1.54) is 27.8 Å². The lowest BCUT2D eigenvalue weighted by Crippen LogP contribution is -2.26. The average molecular weight is 365 g/mol. The number of rotatable bonds is 8. The third-order valence-corrected chi connectivity index (χ3v) is 6.40. The highest BCUT2D eigenvalue weighted by Crippen LogP contribution is 2.40. The van der Waals surface area contributed by atoms with E-state index in [0.717, 1.165) is 25.7 Å². The standard InChI is InChI=1S/C26H36O/c1-7-25(27,8-2)17-16-22-14-15-24(19-21(22)6)26(9-3,10-4)23-13-11-12-20(5)18-23/h11-19,27H,7-10H2,1-6H3. The Kier molecular flexibility index (Phi) is 7.06. The van der Waals surface area contributed by atoms with Crippen LogP contribution in [0.1, 0.15) is 81.2 Å². The van der Waals surface area contributed by atoms with Crippen molar-refractivity contribution in [3.8, 4) is 0 Å². The molecule has 0 aliphatic carbocycles. The summed E-state index contributed by atoms with van der Waals surface area (Å²) in [5, 5.41) is 10.5. The Morgan fingerprint density at radius 1 is 0.815 bits per heavy atom. The first-order valence-electron chi connectivity index (χ1n) is 10.4. The number of benzene rings is 2. The van der Waals surface area contributed by atoms with Crippen LogP contribution in [0, 0.1) is 13.8 Å². The predicted molar refractivity (Wildman–Crippen MR) is 118 cm³/mol. The minimum Gasteiger partial charge on any atom is -0.386 e. The fourth-order valence-electron chi connectivity index (χ4n) is 4.07. The van der Waals surface area contributed by atoms with Crippen LogP contribution in [0.25, 0.3) is 6.08 Å². The van der Waals surface area contributed by atoms with Crippen LogP contribution in [-0.4, -0.2) is 10.7 Å². The summed E-state index contributed by atoms with van der Waals surface area (Å²) in [6.07, 6.45) is 7.67. The van der Waals surface area contributed by atoms with Gasteiger partial charge < -0.3 is 5.11 Å². The average Bonchev–Trinajstić information content (AvgIpc) is 2.68. The van der Waals surface area contributed by atoms with Gasteiger partial charge in [0.15, 0.2) is 0 Å². The Morgan fingerprint density at radius 3 is 1.96 bits per heavy atom. The Hall–Kier alpha value is -1.86. The maximum Gasteiger partial charge on any atom is 0.0825 e. The molecule has 0 aliphatic rings. The van der Waals surface area contributed by atoms with Crippen LogP contribution >= 0.6 is 0 Å². The fraction of sp³-hybridized carbons (Fsp3) is 0.462. The predicted octanol–water partition coefficient (Wildman–Crippen LogP) is 6.97. The van der Waals surface area contributed by atoms with Crippen LogP contribution < -0.4 is 0 Å². The van der Waals surface area contributed by atoms with Crippen LogP contribution in [0.15, 0.2) is 48.5 Å². The van der Waals surface area contributed by atoms with E-state index in [1.54, 1.807) is 0 Å². The monoisotopic (exact) mass is 364 g/mol. The lowest BCUT2D eigenvalue weighted by Gasteiger charge is -2.34. The van der Waals surface area contributed by atoms with Crippen molar-refractivity contribution >= 4 is 6.08 Å². The maximum absolute atomic E-state index is 10.5. The second-order valence-corrected chi connectivity index (χ2v) is 7.87. The van der Waals surface area contributed by atoms with Crippen molar-refractivity contribution < 1.29 is 5.11 Å². The first-order chi connectivity index (χ1) is 12.8. The van der Waals surface area contributed by atoms with Crippen LogP contribution in [0.3, 0.4) is 0 Å². The van der Waals surface area contributed by atoms with E-state index in [-0.39, 0.29) is 5.41 Å². The number of hydrogen-bond acceptors (Lipinski definition) is 1. The summed E-state index contributed by atoms with van der Waals surface area (Å²) in [4.78, 5) is 0. The molecule has 0 spiro atoms. The van der Waals surface area contributed by atoms with Gasteiger partial charge in [-0.15, -0.1) is 0 Å². The smallest absolute Gasteiger partial charge is 0.0825 e. The van der Waals surface area contributed by atoms with E-state index in [2.05, 4.69) is 76.2 Å². The van der Waals surface area contributed by atoms with Crippen molar-refractivity contribution in [2.24, 2.45) is 0 Å². The summed E-state index contributed by atoms with van der Waals surface area (Å²) in [6, 6.07) is 15.8. The molecule has 0 radical (unpaired) electrons. The molecule has 0 aromatic heterocycles. The maximum atomic E-state index is 10.5. The number of aryl methyl sites for hydroxylation is 2. The van der Waals surface area contributed by atoms with Crippen molar-refractivity contribution in [2.75, 3.05) is 0 Å². The molecule has 0 unspecified atom stereocenters.